The fraction of sp³-hybridized carbons (Fsp3) is 0.885. The fourth-order valence-electron chi connectivity index (χ4n) is 8.73. The fourth-order valence-corrected chi connectivity index (χ4v) is 8.73. The van der Waals surface area contributed by atoms with Gasteiger partial charge in [-0.05, 0) is 104 Å². The molecule has 4 saturated carbocycles. The largest absolute Gasteiger partial charge is 0.469 e. The quantitative estimate of drug-likeness (QED) is 0.480. The van der Waals surface area contributed by atoms with Crippen molar-refractivity contribution in [1.82, 2.24) is 0 Å². The highest BCUT2D eigenvalue weighted by molar-refractivity contribution is 5.69. The lowest BCUT2D eigenvalue weighted by atomic mass is 9.43. The summed E-state index contributed by atoms with van der Waals surface area (Å²) in [4.78, 5) is 11.7. The van der Waals surface area contributed by atoms with Crippen molar-refractivity contribution in [3.63, 3.8) is 0 Å². The van der Waals surface area contributed by atoms with Crippen LogP contribution >= 0.6 is 0 Å². The number of aliphatic hydroxyl groups is 1. The monoisotopic (exact) mass is 402 g/mol. The Morgan fingerprint density at radius 3 is 2.59 bits per heavy atom. The van der Waals surface area contributed by atoms with Gasteiger partial charge in [0.05, 0.1) is 13.2 Å². The molecule has 0 aromatic carbocycles. The molecule has 0 aliphatic heterocycles. The first-order chi connectivity index (χ1) is 13.7. The van der Waals surface area contributed by atoms with Crippen molar-refractivity contribution in [3.8, 4) is 0 Å². The molecule has 1 N–H and O–H groups in total. The maximum atomic E-state index is 11.7. The summed E-state index contributed by atoms with van der Waals surface area (Å²) in [6.45, 7) is 12.1. The molecule has 0 bridgehead atoms. The van der Waals surface area contributed by atoms with E-state index < -0.39 is 0 Å². The van der Waals surface area contributed by atoms with E-state index in [0.29, 0.717) is 40.9 Å². The van der Waals surface area contributed by atoms with Crippen LogP contribution < -0.4 is 0 Å². The summed E-state index contributed by atoms with van der Waals surface area (Å²) in [5.41, 5.74) is 2.27. The zero-order valence-corrected chi connectivity index (χ0v) is 19.1. The summed E-state index contributed by atoms with van der Waals surface area (Å²) in [6.07, 6.45) is 11.0. The van der Waals surface area contributed by atoms with Gasteiger partial charge in [0, 0.05) is 6.42 Å². The molecule has 3 nitrogen and oxygen atoms in total. The van der Waals surface area contributed by atoms with E-state index in [4.69, 9.17) is 4.74 Å². The number of carbonyl (C=O) groups excluding carboxylic acids is 1. The maximum absolute atomic E-state index is 11.7. The molecule has 0 unspecified atom stereocenters. The maximum Gasteiger partial charge on any atom is 0.305 e. The molecule has 9 atom stereocenters. The van der Waals surface area contributed by atoms with Crippen molar-refractivity contribution < 1.29 is 14.6 Å². The van der Waals surface area contributed by atoms with Gasteiger partial charge in [0.25, 0.3) is 0 Å². The Bertz CT molecular complexity index is 656. The smallest absolute Gasteiger partial charge is 0.305 e. The second kappa shape index (κ2) is 7.70. The zero-order chi connectivity index (χ0) is 21.0. The lowest BCUT2D eigenvalue weighted by molar-refractivity contribution is -0.141. The van der Waals surface area contributed by atoms with Crippen LogP contribution in [-0.2, 0) is 9.53 Å². The third-order valence-corrected chi connectivity index (χ3v) is 10.4. The zero-order valence-electron chi connectivity index (χ0n) is 19.1. The summed E-state index contributed by atoms with van der Waals surface area (Å²) < 4.78 is 4.88. The summed E-state index contributed by atoms with van der Waals surface area (Å²) in [7, 11) is 1.49. The minimum atomic E-state index is -0.0993. The van der Waals surface area contributed by atoms with Crippen molar-refractivity contribution in [2.45, 2.75) is 91.1 Å². The van der Waals surface area contributed by atoms with E-state index >= 15 is 0 Å². The Labute approximate surface area is 177 Å². The molecule has 0 aromatic rings. The second-order valence-corrected chi connectivity index (χ2v) is 11.6. The van der Waals surface area contributed by atoms with E-state index in [1.165, 1.54) is 44.8 Å². The number of fused-ring (bicyclic) bond motifs is 5. The minimum absolute atomic E-state index is 0.0700. The van der Waals surface area contributed by atoms with E-state index in [1.807, 2.05) is 0 Å². The van der Waals surface area contributed by atoms with Gasteiger partial charge in [-0.25, -0.2) is 0 Å². The minimum Gasteiger partial charge on any atom is -0.469 e. The molecule has 4 rings (SSSR count). The molecule has 29 heavy (non-hydrogen) atoms. The summed E-state index contributed by atoms with van der Waals surface area (Å²) in [5, 5.41) is 10.3. The number of allylic oxidation sites excluding steroid dienone is 1. The molecule has 0 radical (unpaired) electrons. The Kier molecular flexibility index (Phi) is 5.68. The molecular weight excluding hydrogens is 360 g/mol. The predicted octanol–water partition coefficient (Wildman–Crippen LogP) is 5.76. The molecule has 0 aromatic heterocycles. The van der Waals surface area contributed by atoms with Crippen molar-refractivity contribution in [2.75, 3.05) is 7.11 Å². The number of hydrogen-bond acceptors (Lipinski definition) is 3. The van der Waals surface area contributed by atoms with Crippen molar-refractivity contribution >= 4 is 5.97 Å². The molecule has 164 valence electrons. The number of carbonyl (C=O) groups is 1. The SMILES string of the molecule is C=C1C[C@H]2C[C@@H](O)CC[C@]2(C)[C@H]2CC[C@]3(C)[C@@H]([C@H](C)CCC(=O)OC)CC[C@H]3[C@H]12. The molecule has 0 heterocycles. The molecule has 0 spiro atoms. The van der Waals surface area contributed by atoms with E-state index in [1.54, 1.807) is 0 Å². The van der Waals surface area contributed by atoms with Gasteiger partial charge < -0.3 is 9.84 Å². The Balaban J connectivity index is 1.53. The highest BCUT2D eigenvalue weighted by Crippen LogP contribution is 2.69. The molecule has 3 heteroatoms. The van der Waals surface area contributed by atoms with Crippen molar-refractivity contribution in [3.05, 3.63) is 12.2 Å². The van der Waals surface area contributed by atoms with Crippen molar-refractivity contribution in [1.29, 1.82) is 0 Å². The first-order valence-corrected chi connectivity index (χ1v) is 12.1. The number of methoxy groups -OCH3 is 1. The number of ether oxygens (including phenoxy) is 1. The van der Waals surface area contributed by atoms with Crippen molar-refractivity contribution in [2.24, 2.45) is 46.3 Å². The van der Waals surface area contributed by atoms with E-state index in [0.717, 1.165) is 37.5 Å². The van der Waals surface area contributed by atoms with E-state index in [2.05, 4.69) is 27.4 Å². The number of aliphatic hydroxyl groups excluding tert-OH is 1. The Morgan fingerprint density at radius 2 is 1.86 bits per heavy atom. The Morgan fingerprint density at radius 1 is 1.17 bits per heavy atom. The predicted molar refractivity (Wildman–Crippen MR) is 116 cm³/mol. The molecule has 0 amide bonds. The topological polar surface area (TPSA) is 46.5 Å². The van der Waals surface area contributed by atoms with Gasteiger partial charge in [0.2, 0.25) is 0 Å². The van der Waals surface area contributed by atoms with E-state index in [9.17, 15) is 9.90 Å². The molecule has 4 aliphatic rings. The third kappa shape index (κ3) is 3.40. The number of rotatable bonds is 4. The standard InChI is InChI=1S/C26H42O3/c1-16(6-9-23(28)29-5)20-7-8-21-24-17(2)14-18-15-19(27)10-12-25(18,3)22(24)11-13-26(20,21)4/h16,18-22,24,27H,2,6-15H2,1,3-5H3/t16-,18+,19+,20-,21+,22+,24+,25+,26-/m1/s1. The van der Waals surface area contributed by atoms with Gasteiger partial charge in [-0.15, -0.1) is 0 Å². The lowest BCUT2D eigenvalue weighted by Gasteiger charge is -2.61. The lowest BCUT2D eigenvalue weighted by Crippen LogP contribution is -2.54. The average molecular weight is 403 g/mol. The average Bonchev–Trinajstić information content (AvgIpc) is 3.04. The van der Waals surface area contributed by atoms with Crippen LogP contribution in [0, 0.1) is 46.3 Å². The van der Waals surface area contributed by atoms with Gasteiger partial charge in [0.15, 0.2) is 0 Å². The first-order valence-electron chi connectivity index (χ1n) is 12.1. The summed E-state index contributed by atoms with van der Waals surface area (Å²) in [5.74, 6) is 4.02. The Hall–Kier alpha value is -0.830. The van der Waals surface area contributed by atoms with Crippen LogP contribution in [0.5, 0.6) is 0 Å². The van der Waals surface area contributed by atoms with Crippen LogP contribution in [0.2, 0.25) is 0 Å². The van der Waals surface area contributed by atoms with E-state index in [-0.39, 0.29) is 12.1 Å². The van der Waals surface area contributed by atoms with Crippen LogP contribution in [-0.4, -0.2) is 24.3 Å². The van der Waals surface area contributed by atoms with Gasteiger partial charge in [-0.2, -0.15) is 0 Å². The summed E-state index contributed by atoms with van der Waals surface area (Å²) in [6, 6.07) is 0. The molecule has 4 aliphatic carbocycles. The second-order valence-electron chi connectivity index (χ2n) is 11.6. The van der Waals surface area contributed by atoms with Crippen LogP contribution in [0.25, 0.3) is 0 Å². The highest BCUT2D eigenvalue weighted by Gasteiger charge is 2.61. The normalized spacial score (nSPS) is 47.7. The van der Waals surface area contributed by atoms with Crippen LogP contribution in [0.4, 0.5) is 0 Å². The van der Waals surface area contributed by atoms with Crippen LogP contribution in [0.1, 0.15) is 85.0 Å². The highest BCUT2D eigenvalue weighted by atomic mass is 16.5. The third-order valence-electron chi connectivity index (χ3n) is 10.4. The number of hydrogen-bond donors (Lipinski definition) is 1. The number of esters is 1. The van der Waals surface area contributed by atoms with Crippen LogP contribution in [0.3, 0.4) is 0 Å². The van der Waals surface area contributed by atoms with Gasteiger partial charge in [-0.1, -0.05) is 32.9 Å². The molecule has 4 fully saturated rings. The molecular formula is C26H42O3. The molecule has 0 saturated heterocycles. The van der Waals surface area contributed by atoms with Gasteiger partial charge in [0.1, 0.15) is 0 Å². The van der Waals surface area contributed by atoms with Gasteiger partial charge in [-0.3, -0.25) is 4.79 Å². The first kappa shape index (κ1) is 21.4. The van der Waals surface area contributed by atoms with Crippen LogP contribution in [0.15, 0.2) is 12.2 Å². The van der Waals surface area contributed by atoms with Gasteiger partial charge >= 0.3 is 5.97 Å². The summed E-state index contributed by atoms with van der Waals surface area (Å²) >= 11 is 0.